The van der Waals surface area contributed by atoms with Crippen molar-refractivity contribution in [1.29, 1.82) is 0 Å². The summed E-state index contributed by atoms with van der Waals surface area (Å²) in [5, 5.41) is 3.47. The summed E-state index contributed by atoms with van der Waals surface area (Å²) in [5.74, 6) is 1.78. The van der Waals surface area contributed by atoms with Crippen LogP contribution in [0.1, 0.15) is 32.8 Å². The van der Waals surface area contributed by atoms with Gasteiger partial charge in [-0.1, -0.05) is 12.1 Å². The van der Waals surface area contributed by atoms with Crippen LogP contribution in [0.4, 0.5) is 0 Å². The van der Waals surface area contributed by atoms with E-state index in [1.165, 1.54) is 5.56 Å². The number of benzene rings is 1. The summed E-state index contributed by atoms with van der Waals surface area (Å²) in [4.78, 5) is 0. The van der Waals surface area contributed by atoms with Gasteiger partial charge in [-0.15, -0.1) is 0 Å². The minimum absolute atomic E-state index is 0.105. The second-order valence-electron chi connectivity index (χ2n) is 5.40. The zero-order valence-electron chi connectivity index (χ0n) is 10.9. The minimum atomic E-state index is 0.105. The van der Waals surface area contributed by atoms with Gasteiger partial charge in [-0.2, -0.15) is 0 Å². The first-order valence-electron chi connectivity index (χ1n) is 6.19. The molecule has 0 atom stereocenters. The molecule has 0 fully saturated rings. The molecule has 3 heteroatoms. The van der Waals surface area contributed by atoms with Crippen molar-refractivity contribution in [2.24, 2.45) is 0 Å². The van der Waals surface area contributed by atoms with E-state index in [4.69, 9.17) is 9.47 Å². The van der Waals surface area contributed by atoms with Gasteiger partial charge in [0.2, 0.25) is 0 Å². The van der Waals surface area contributed by atoms with Gasteiger partial charge in [0, 0.05) is 24.1 Å². The minimum Gasteiger partial charge on any atom is -0.490 e. The van der Waals surface area contributed by atoms with Crippen LogP contribution in [0.25, 0.3) is 0 Å². The molecule has 0 bridgehead atoms. The molecule has 1 aromatic rings. The van der Waals surface area contributed by atoms with E-state index >= 15 is 0 Å². The second-order valence-corrected chi connectivity index (χ2v) is 5.40. The summed E-state index contributed by atoms with van der Waals surface area (Å²) in [5.41, 5.74) is 1.27. The number of ether oxygens (including phenoxy) is 2. The van der Waals surface area contributed by atoms with E-state index in [0.717, 1.165) is 37.7 Å². The molecule has 3 nitrogen and oxygen atoms in total. The first kappa shape index (κ1) is 12.2. The van der Waals surface area contributed by atoms with E-state index in [0.29, 0.717) is 0 Å². The van der Waals surface area contributed by atoms with Gasteiger partial charge in [0.25, 0.3) is 0 Å². The Labute approximate surface area is 103 Å². The summed E-state index contributed by atoms with van der Waals surface area (Å²) in [6, 6.07) is 6.08. The predicted octanol–water partition coefficient (Wildman–Crippen LogP) is 2.74. The van der Waals surface area contributed by atoms with Crippen LogP contribution in [-0.4, -0.2) is 18.8 Å². The van der Waals surface area contributed by atoms with Gasteiger partial charge in [-0.3, -0.25) is 0 Å². The van der Waals surface area contributed by atoms with Crippen LogP contribution in [0.2, 0.25) is 0 Å². The normalized spacial score (nSPS) is 15.5. The highest BCUT2D eigenvalue weighted by atomic mass is 16.5. The predicted molar refractivity (Wildman–Crippen MR) is 68.6 cm³/mol. The summed E-state index contributed by atoms with van der Waals surface area (Å²) >= 11 is 0. The van der Waals surface area contributed by atoms with Crippen molar-refractivity contribution in [2.75, 3.05) is 13.2 Å². The number of nitrogens with one attached hydrogen (secondary N) is 1. The zero-order valence-corrected chi connectivity index (χ0v) is 10.9. The van der Waals surface area contributed by atoms with Gasteiger partial charge in [0.1, 0.15) is 0 Å². The molecule has 0 aromatic heterocycles. The Kier molecular flexibility index (Phi) is 3.57. The SMILES string of the molecule is CC(C)(C)NCc1cccc2c1OCCCO2. The van der Waals surface area contributed by atoms with Crippen molar-refractivity contribution in [2.45, 2.75) is 39.3 Å². The summed E-state index contributed by atoms with van der Waals surface area (Å²) in [6.45, 7) is 8.75. The molecule has 1 N–H and O–H groups in total. The molecule has 94 valence electrons. The largest absolute Gasteiger partial charge is 0.490 e. The highest BCUT2D eigenvalue weighted by molar-refractivity contribution is 5.47. The molecular weight excluding hydrogens is 214 g/mol. The molecule has 0 amide bonds. The Morgan fingerprint density at radius 2 is 1.94 bits per heavy atom. The number of para-hydroxylation sites is 1. The van der Waals surface area contributed by atoms with E-state index in [1.54, 1.807) is 0 Å². The summed E-state index contributed by atoms with van der Waals surface area (Å²) < 4.78 is 11.4. The van der Waals surface area contributed by atoms with Crippen LogP contribution in [0.3, 0.4) is 0 Å². The average molecular weight is 235 g/mol. The van der Waals surface area contributed by atoms with Gasteiger partial charge in [0.15, 0.2) is 11.5 Å². The first-order valence-corrected chi connectivity index (χ1v) is 6.19. The molecule has 0 spiro atoms. The van der Waals surface area contributed by atoms with E-state index in [9.17, 15) is 0 Å². The van der Waals surface area contributed by atoms with E-state index in [-0.39, 0.29) is 5.54 Å². The summed E-state index contributed by atoms with van der Waals surface area (Å²) in [7, 11) is 0. The molecule has 0 unspecified atom stereocenters. The lowest BCUT2D eigenvalue weighted by Crippen LogP contribution is -2.35. The highest BCUT2D eigenvalue weighted by Crippen LogP contribution is 2.33. The molecule has 1 heterocycles. The Morgan fingerprint density at radius 3 is 2.71 bits per heavy atom. The maximum Gasteiger partial charge on any atom is 0.165 e. The van der Waals surface area contributed by atoms with Gasteiger partial charge in [0.05, 0.1) is 13.2 Å². The van der Waals surface area contributed by atoms with Crippen LogP contribution in [0.5, 0.6) is 11.5 Å². The second kappa shape index (κ2) is 4.96. The zero-order chi connectivity index (χ0) is 12.3. The van der Waals surface area contributed by atoms with Crippen molar-refractivity contribution < 1.29 is 9.47 Å². The molecule has 17 heavy (non-hydrogen) atoms. The van der Waals surface area contributed by atoms with Gasteiger partial charge < -0.3 is 14.8 Å². The van der Waals surface area contributed by atoms with E-state index < -0.39 is 0 Å². The Bertz CT molecular complexity index is 382. The van der Waals surface area contributed by atoms with E-state index in [2.05, 4.69) is 32.2 Å². The maximum atomic E-state index is 5.78. The Balaban J connectivity index is 2.17. The lowest BCUT2D eigenvalue weighted by molar-refractivity contribution is 0.295. The third kappa shape index (κ3) is 3.37. The topological polar surface area (TPSA) is 30.5 Å². The lowest BCUT2D eigenvalue weighted by atomic mass is 10.1. The van der Waals surface area contributed by atoms with E-state index in [1.807, 2.05) is 12.1 Å². The fraction of sp³-hybridized carbons (Fsp3) is 0.571. The van der Waals surface area contributed by atoms with Gasteiger partial charge in [-0.05, 0) is 26.8 Å². The molecule has 0 saturated carbocycles. The van der Waals surface area contributed by atoms with Crippen molar-refractivity contribution in [3.05, 3.63) is 23.8 Å². The average Bonchev–Trinajstić information content (AvgIpc) is 2.50. The number of rotatable bonds is 2. The van der Waals surface area contributed by atoms with Crippen molar-refractivity contribution >= 4 is 0 Å². The fourth-order valence-electron chi connectivity index (χ4n) is 1.75. The Hall–Kier alpha value is -1.22. The van der Waals surface area contributed by atoms with Crippen LogP contribution in [-0.2, 0) is 6.54 Å². The quantitative estimate of drug-likeness (QED) is 0.855. The molecule has 0 aliphatic carbocycles. The first-order chi connectivity index (χ1) is 8.06. The van der Waals surface area contributed by atoms with Crippen LogP contribution in [0, 0.1) is 0 Å². The van der Waals surface area contributed by atoms with Crippen LogP contribution in [0.15, 0.2) is 18.2 Å². The molecular formula is C14H21NO2. The van der Waals surface area contributed by atoms with Crippen LogP contribution >= 0.6 is 0 Å². The van der Waals surface area contributed by atoms with Crippen molar-refractivity contribution in [3.8, 4) is 11.5 Å². The molecule has 1 aliphatic rings. The third-order valence-corrected chi connectivity index (χ3v) is 2.66. The molecule has 0 radical (unpaired) electrons. The van der Waals surface area contributed by atoms with Crippen molar-refractivity contribution in [3.63, 3.8) is 0 Å². The third-order valence-electron chi connectivity index (χ3n) is 2.66. The van der Waals surface area contributed by atoms with Crippen molar-refractivity contribution in [1.82, 2.24) is 5.32 Å². The number of hydrogen-bond acceptors (Lipinski definition) is 3. The van der Waals surface area contributed by atoms with Gasteiger partial charge >= 0.3 is 0 Å². The number of hydrogen-bond donors (Lipinski definition) is 1. The highest BCUT2D eigenvalue weighted by Gasteiger charge is 2.16. The smallest absolute Gasteiger partial charge is 0.165 e. The standard InChI is InChI=1S/C14H21NO2/c1-14(2,3)15-10-11-6-4-7-12-13(11)17-9-5-8-16-12/h4,6-7,15H,5,8-10H2,1-3H3. The van der Waals surface area contributed by atoms with Gasteiger partial charge in [-0.25, -0.2) is 0 Å². The summed E-state index contributed by atoms with van der Waals surface area (Å²) in [6.07, 6.45) is 0.945. The lowest BCUT2D eigenvalue weighted by Gasteiger charge is -2.22. The molecule has 0 saturated heterocycles. The molecule has 1 aromatic carbocycles. The van der Waals surface area contributed by atoms with Crippen LogP contribution < -0.4 is 14.8 Å². The fourth-order valence-corrected chi connectivity index (χ4v) is 1.75. The molecule has 2 rings (SSSR count). The molecule has 1 aliphatic heterocycles. The number of fused-ring (bicyclic) bond motifs is 1. The monoisotopic (exact) mass is 235 g/mol. The maximum absolute atomic E-state index is 5.78. The Morgan fingerprint density at radius 1 is 1.18 bits per heavy atom.